The van der Waals surface area contributed by atoms with Gasteiger partial charge in [0.15, 0.2) is 6.10 Å². The Kier molecular flexibility index (Phi) is 10.7. The van der Waals surface area contributed by atoms with Gasteiger partial charge >= 0.3 is 6.09 Å². The average molecular weight is 569 g/mol. The summed E-state index contributed by atoms with van der Waals surface area (Å²) in [5.41, 5.74) is 1.04. The fourth-order valence-electron chi connectivity index (χ4n) is 4.03. The van der Waals surface area contributed by atoms with Crippen LogP contribution in [0, 0.1) is 0 Å². The third-order valence-electron chi connectivity index (χ3n) is 5.92. The molecule has 1 aliphatic heterocycles. The maximum atomic E-state index is 13.5. The van der Waals surface area contributed by atoms with E-state index >= 15 is 0 Å². The number of ether oxygens (including phenoxy) is 1. The third kappa shape index (κ3) is 9.13. The number of aliphatic hydroxyl groups excluding tert-OH is 1. The van der Waals surface area contributed by atoms with Crippen LogP contribution in [0.4, 0.5) is 4.79 Å². The highest BCUT2D eigenvalue weighted by molar-refractivity contribution is 8.03. The Morgan fingerprint density at radius 2 is 1.65 bits per heavy atom. The van der Waals surface area contributed by atoms with E-state index in [1.54, 1.807) is 24.3 Å². The van der Waals surface area contributed by atoms with Crippen molar-refractivity contribution < 1.29 is 29.0 Å². The predicted molar refractivity (Wildman–Crippen MR) is 153 cm³/mol. The van der Waals surface area contributed by atoms with Crippen molar-refractivity contribution in [2.75, 3.05) is 12.4 Å². The smallest absolute Gasteiger partial charge is 0.407 e. The van der Waals surface area contributed by atoms with E-state index < -0.39 is 54.1 Å². The first kappa shape index (κ1) is 30.7. The van der Waals surface area contributed by atoms with Crippen LogP contribution in [0.5, 0.6) is 0 Å². The number of thioether (sulfide) groups is 1. The van der Waals surface area contributed by atoms with Crippen LogP contribution >= 0.6 is 11.8 Å². The molecule has 1 aliphatic rings. The monoisotopic (exact) mass is 568 g/mol. The number of alkyl carbamates (subject to hydrolysis) is 1. The minimum atomic E-state index is -1.66. The normalized spacial score (nSPS) is 16.6. The fraction of sp³-hybridized carbons (Fsp3) is 0.379. The van der Waals surface area contributed by atoms with E-state index in [4.69, 9.17) is 4.74 Å². The largest absolute Gasteiger partial charge is 0.445 e. The molecule has 0 unspecified atom stereocenters. The summed E-state index contributed by atoms with van der Waals surface area (Å²) in [6, 6.07) is 16.2. The van der Waals surface area contributed by atoms with Crippen molar-refractivity contribution in [3.63, 3.8) is 0 Å². The van der Waals surface area contributed by atoms with Crippen LogP contribution in [0.3, 0.4) is 0 Å². The second-order valence-corrected chi connectivity index (χ2v) is 11.5. The SMILES string of the molecule is C=C1SCN(C(=O)[C@@H](O)[C@H](Cc2ccccc2)NC(=O)CNC(=O)OCc2ccccc2)[C@@H]1C(=O)NC(C)(C)C. The molecule has 40 heavy (non-hydrogen) atoms. The van der Waals surface area contributed by atoms with Gasteiger partial charge in [-0.2, -0.15) is 0 Å². The molecule has 0 bridgehead atoms. The lowest BCUT2D eigenvalue weighted by Gasteiger charge is -2.31. The number of hydrogen-bond donors (Lipinski definition) is 4. The number of amides is 4. The van der Waals surface area contributed by atoms with Crippen molar-refractivity contribution in [2.24, 2.45) is 0 Å². The van der Waals surface area contributed by atoms with Gasteiger partial charge in [0, 0.05) is 10.4 Å². The maximum Gasteiger partial charge on any atom is 0.407 e. The molecule has 214 valence electrons. The Hall–Kier alpha value is -3.83. The van der Waals surface area contributed by atoms with Gasteiger partial charge in [-0.1, -0.05) is 67.2 Å². The zero-order chi connectivity index (χ0) is 29.3. The summed E-state index contributed by atoms with van der Waals surface area (Å²) in [5.74, 6) is -1.59. The number of carbonyl (C=O) groups is 4. The summed E-state index contributed by atoms with van der Waals surface area (Å²) < 4.78 is 5.12. The van der Waals surface area contributed by atoms with E-state index in [1.807, 2.05) is 57.2 Å². The molecule has 3 atom stereocenters. The van der Waals surface area contributed by atoms with Crippen molar-refractivity contribution >= 4 is 35.6 Å². The van der Waals surface area contributed by atoms with Crippen molar-refractivity contribution in [3.05, 3.63) is 83.3 Å². The third-order valence-corrected chi connectivity index (χ3v) is 6.92. The van der Waals surface area contributed by atoms with Gasteiger partial charge in [-0.15, -0.1) is 11.8 Å². The van der Waals surface area contributed by atoms with Crippen molar-refractivity contribution in [2.45, 2.75) is 57.5 Å². The molecule has 10 nitrogen and oxygen atoms in total. The number of rotatable bonds is 10. The van der Waals surface area contributed by atoms with Crippen LogP contribution in [0.1, 0.15) is 31.9 Å². The first-order valence-corrected chi connectivity index (χ1v) is 13.8. The first-order valence-electron chi connectivity index (χ1n) is 12.8. The number of carbonyl (C=O) groups excluding carboxylic acids is 4. The Morgan fingerprint density at radius 3 is 2.25 bits per heavy atom. The van der Waals surface area contributed by atoms with Crippen LogP contribution in [0.25, 0.3) is 0 Å². The number of aliphatic hydroxyl groups is 1. The van der Waals surface area contributed by atoms with Gasteiger partial charge in [-0.25, -0.2) is 4.79 Å². The highest BCUT2D eigenvalue weighted by Crippen LogP contribution is 2.33. The summed E-state index contributed by atoms with van der Waals surface area (Å²) in [7, 11) is 0. The summed E-state index contributed by atoms with van der Waals surface area (Å²) in [6.07, 6.45) is -2.31. The van der Waals surface area contributed by atoms with Crippen molar-refractivity contribution in [3.8, 4) is 0 Å². The van der Waals surface area contributed by atoms with Gasteiger partial charge in [-0.3, -0.25) is 14.4 Å². The molecule has 1 heterocycles. The van der Waals surface area contributed by atoms with Crippen LogP contribution in [-0.4, -0.2) is 70.0 Å². The van der Waals surface area contributed by atoms with Crippen LogP contribution in [0.15, 0.2) is 72.1 Å². The summed E-state index contributed by atoms with van der Waals surface area (Å²) in [4.78, 5) is 53.0. The van der Waals surface area contributed by atoms with Crippen molar-refractivity contribution in [1.82, 2.24) is 20.9 Å². The lowest BCUT2D eigenvalue weighted by atomic mass is 9.99. The molecule has 0 aromatic heterocycles. The second kappa shape index (κ2) is 14.0. The first-order chi connectivity index (χ1) is 18.9. The van der Waals surface area contributed by atoms with E-state index in [2.05, 4.69) is 22.5 Å². The van der Waals surface area contributed by atoms with E-state index in [9.17, 15) is 24.3 Å². The van der Waals surface area contributed by atoms with E-state index in [1.165, 1.54) is 16.7 Å². The maximum absolute atomic E-state index is 13.5. The van der Waals surface area contributed by atoms with Gasteiger partial charge in [-0.05, 0) is 38.3 Å². The molecule has 11 heteroatoms. The minimum Gasteiger partial charge on any atom is -0.445 e. The Morgan fingerprint density at radius 1 is 1.05 bits per heavy atom. The van der Waals surface area contributed by atoms with Gasteiger partial charge < -0.3 is 30.7 Å². The molecule has 3 rings (SSSR count). The van der Waals surface area contributed by atoms with E-state index in [0.717, 1.165) is 11.1 Å². The Balaban J connectivity index is 1.66. The lowest BCUT2D eigenvalue weighted by molar-refractivity contribution is -0.146. The van der Waals surface area contributed by atoms with Crippen LogP contribution < -0.4 is 16.0 Å². The van der Waals surface area contributed by atoms with Crippen LogP contribution in [0.2, 0.25) is 0 Å². The number of hydrogen-bond acceptors (Lipinski definition) is 7. The van der Waals surface area contributed by atoms with Gasteiger partial charge in [0.05, 0.1) is 11.9 Å². The average Bonchev–Trinajstić information content (AvgIpc) is 3.31. The molecule has 4 N–H and O–H groups in total. The number of nitrogens with zero attached hydrogens (tertiary/aromatic N) is 1. The number of nitrogens with one attached hydrogen (secondary N) is 3. The fourth-order valence-corrected chi connectivity index (χ4v) is 5.01. The van der Waals surface area contributed by atoms with E-state index in [-0.39, 0.29) is 18.9 Å². The highest BCUT2D eigenvalue weighted by Gasteiger charge is 2.42. The molecule has 2 aromatic carbocycles. The van der Waals surface area contributed by atoms with Gasteiger partial charge in [0.2, 0.25) is 11.8 Å². The van der Waals surface area contributed by atoms with Gasteiger partial charge in [0.25, 0.3) is 5.91 Å². The Bertz CT molecular complexity index is 1200. The molecule has 1 fully saturated rings. The molecule has 0 spiro atoms. The molecule has 1 saturated heterocycles. The van der Waals surface area contributed by atoms with E-state index in [0.29, 0.717) is 4.91 Å². The van der Waals surface area contributed by atoms with Crippen LogP contribution in [-0.2, 0) is 32.1 Å². The molecule has 0 aliphatic carbocycles. The second-order valence-electron chi connectivity index (χ2n) is 10.4. The summed E-state index contributed by atoms with van der Waals surface area (Å²) >= 11 is 1.25. The highest BCUT2D eigenvalue weighted by atomic mass is 32.2. The lowest BCUT2D eigenvalue weighted by Crippen LogP contribution is -2.57. The zero-order valence-corrected chi connectivity index (χ0v) is 23.7. The summed E-state index contributed by atoms with van der Waals surface area (Å²) in [5, 5.41) is 19.1. The molecular formula is C29H36N4O6S. The molecular weight excluding hydrogens is 532 g/mol. The Labute approximate surface area is 238 Å². The summed E-state index contributed by atoms with van der Waals surface area (Å²) in [6.45, 7) is 9.02. The van der Waals surface area contributed by atoms with Gasteiger partial charge in [0.1, 0.15) is 19.2 Å². The van der Waals surface area contributed by atoms with Crippen molar-refractivity contribution in [1.29, 1.82) is 0 Å². The molecule has 0 radical (unpaired) electrons. The quantitative estimate of drug-likeness (QED) is 0.345. The molecule has 0 saturated carbocycles. The molecule has 2 aromatic rings. The molecule has 4 amide bonds. The minimum absolute atomic E-state index is 0.0429. The number of benzene rings is 2. The predicted octanol–water partition coefficient (Wildman–Crippen LogP) is 2.33. The standard InChI is InChI=1S/C29H36N4O6S/c1-19-24(26(36)32-29(2,3)4)33(18-40-19)27(37)25(35)22(15-20-11-7-5-8-12-20)31-23(34)16-30-28(38)39-17-21-13-9-6-10-14-21/h5-14,22,24-25,35H,1,15-18H2,2-4H3,(H,30,38)(H,31,34)(H,32,36)/t22-,24-,25-/m0/s1. The topological polar surface area (TPSA) is 137 Å². The zero-order valence-electron chi connectivity index (χ0n) is 22.9.